The number of nitrogens with one attached hydrogen (secondary N) is 1. The maximum absolute atomic E-state index is 12.8. The van der Waals surface area contributed by atoms with Gasteiger partial charge in [0, 0.05) is 12.6 Å². The third-order valence-electron chi connectivity index (χ3n) is 3.94. The van der Waals surface area contributed by atoms with Gasteiger partial charge in [-0.15, -0.1) is 4.40 Å². The van der Waals surface area contributed by atoms with Crippen molar-refractivity contribution < 1.29 is 8.42 Å². The van der Waals surface area contributed by atoms with Gasteiger partial charge < -0.3 is 5.32 Å². The van der Waals surface area contributed by atoms with Gasteiger partial charge in [0.25, 0.3) is 10.0 Å². The van der Waals surface area contributed by atoms with E-state index < -0.39 is 10.0 Å². The lowest BCUT2D eigenvalue weighted by molar-refractivity contribution is 0.598. The highest BCUT2D eigenvalue weighted by molar-refractivity contribution is 7.90. The summed E-state index contributed by atoms with van der Waals surface area (Å²) in [4.78, 5) is 4.37. The summed E-state index contributed by atoms with van der Waals surface area (Å²) < 4.78 is 29.6. The van der Waals surface area contributed by atoms with E-state index in [2.05, 4.69) is 14.7 Å². The van der Waals surface area contributed by atoms with Crippen LogP contribution < -0.4 is 5.32 Å². The summed E-state index contributed by atoms with van der Waals surface area (Å²) in [6.45, 7) is 3.90. The smallest absolute Gasteiger partial charge is 0.283 e. The predicted molar refractivity (Wildman–Crippen MR) is 109 cm³/mol. The fraction of sp³-hybridized carbons (Fsp3) is 0.143. The van der Waals surface area contributed by atoms with E-state index in [0.29, 0.717) is 18.1 Å². The van der Waals surface area contributed by atoms with E-state index in [1.807, 2.05) is 44.2 Å². The van der Waals surface area contributed by atoms with Gasteiger partial charge in [-0.25, -0.2) is 4.98 Å². The molecule has 0 aliphatic carbocycles. The molecule has 1 aromatic heterocycles. The molecule has 0 aliphatic rings. The van der Waals surface area contributed by atoms with Crippen LogP contribution in [-0.4, -0.2) is 19.2 Å². The minimum absolute atomic E-state index is 0.165. The minimum Gasteiger partial charge on any atom is -0.327 e. The Bertz CT molecular complexity index is 1040. The Morgan fingerprint density at radius 1 is 0.963 bits per heavy atom. The van der Waals surface area contributed by atoms with Crippen LogP contribution in [0.5, 0.6) is 0 Å². The number of amidine groups is 1. The molecule has 0 bridgehead atoms. The average Bonchev–Trinajstić information content (AvgIpc) is 2.62. The number of nitrogens with zero attached hydrogens (tertiary/aromatic N) is 2. The lowest BCUT2D eigenvalue weighted by Crippen LogP contribution is -2.18. The molecule has 27 heavy (non-hydrogen) atoms. The van der Waals surface area contributed by atoms with Crippen LogP contribution in [0.25, 0.3) is 0 Å². The second-order valence-electron chi connectivity index (χ2n) is 6.33. The highest BCUT2D eigenvalue weighted by atomic mass is 32.2. The highest BCUT2D eigenvalue weighted by Gasteiger charge is 2.15. The number of rotatable bonds is 5. The van der Waals surface area contributed by atoms with Gasteiger partial charge in [-0.3, -0.25) is 0 Å². The van der Waals surface area contributed by atoms with E-state index in [-0.39, 0.29) is 4.90 Å². The second-order valence-corrected chi connectivity index (χ2v) is 7.94. The van der Waals surface area contributed by atoms with Gasteiger partial charge in [-0.2, -0.15) is 8.42 Å². The molecule has 0 saturated heterocycles. The summed E-state index contributed by atoms with van der Waals surface area (Å²) in [5.74, 6) is 0.864. The Morgan fingerprint density at radius 2 is 1.74 bits per heavy atom. The predicted octanol–water partition coefficient (Wildman–Crippen LogP) is 4.14. The fourth-order valence-electron chi connectivity index (χ4n) is 2.61. The van der Waals surface area contributed by atoms with Crippen LogP contribution in [0.1, 0.15) is 16.7 Å². The molecule has 138 valence electrons. The highest BCUT2D eigenvalue weighted by Crippen LogP contribution is 2.15. The summed E-state index contributed by atoms with van der Waals surface area (Å²) in [5.41, 5.74) is 3.06. The summed E-state index contributed by atoms with van der Waals surface area (Å²) in [6, 6.07) is 19.9. The topological polar surface area (TPSA) is 71.4 Å². The van der Waals surface area contributed by atoms with E-state index >= 15 is 0 Å². The van der Waals surface area contributed by atoms with E-state index in [1.165, 1.54) is 0 Å². The Morgan fingerprint density at radius 3 is 2.41 bits per heavy atom. The zero-order valence-corrected chi connectivity index (χ0v) is 16.1. The first kappa shape index (κ1) is 18.8. The normalized spacial score (nSPS) is 12.0. The monoisotopic (exact) mass is 379 g/mol. The van der Waals surface area contributed by atoms with Crippen molar-refractivity contribution in [2.75, 3.05) is 5.32 Å². The van der Waals surface area contributed by atoms with E-state index in [4.69, 9.17) is 0 Å². The first-order chi connectivity index (χ1) is 12.9. The molecule has 0 atom stereocenters. The molecular formula is C21H21N3O2S. The molecule has 0 aliphatic heterocycles. The quantitative estimate of drug-likeness (QED) is 0.534. The molecule has 0 spiro atoms. The van der Waals surface area contributed by atoms with Crippen molar-refractivity contribution in [1.82, 2.24) is 4.98 Å². The molecule has 0 radical (unpaired) electrons. The average molecular weight is 379 g/mol. The van der Waals surface area contributed by atoms with Crippen molar-refractivity contribution >= 4 is 21.7 Å². The number of aromatic nitrogens is 1. The first-order valence-corrected chi connectivity index (χ1v) is 10.0. The van der Waals surface area contributed by atoms with E-state index in [0.717, 1.165) is 16.7 Å². The molecule has 0 amide bonds. The molecule has 2 aromatic carbocycles. The largest absolute Gasteiger partial charge is 0.327 e. The maximum atomic E-state index is 12.8. The number of hydrogen-bond donors (Lipinski definition) is 1. The molecule has 0 unspecified atom stereocenters. The first-order valence-electron chi connectivity index (χ1n) is 8.56. The summed E-state index contributed by atoms with van der Waals surface area (Å²) in [5, 5.41) is 3.04. The van der Waals surface area contributed by atoms with Crippen LogP contribution in [0.3, 0.4) is 0 Å². The number of hydrogen-bond acceptors (Lipinski definition) is 3. The Hall–Kier alpha value is -2.99. The third-order valence-corrected chi connectivity index (χ3v) is 5.27. The second kappa shape index (κ2) is 8.14. The number of pyridine rings is 1. The third kappa shape index (κ3) is 5.24. The maximum Gasteiger partial charge on any atom is 0.283 e. The van der Waals surface area contributed by atoms with Gasteiger partial charge >= 0.3 is 0 Å². The van der Waals surface area contributed by atoms with Gasteiger partial charge in [0.2, 0.25) is 0 Å². The Kier molecular flexibility index (Phi) is 5.66. The summed E-state index contributed by atoms with van der Waals surface area (Å²) >= 11 is 0. The SMILES string of the molecule is Cc1ccc(S(=O)(=O)N=C(Cc2cccc(C)c2)Nc2ccccn2)cc1. The zero-order chi connectivity index (χ0) is 19.3. The molecular weight excluding hydrogens is 358 g/mol. The molecule has 5 nitrogen and oxygen atoms in total. The van der Waals surface area contributed by atoms with Gasteiger partial charge in [0.1, 0.15) is 11.7 Å². The zero-order valence-electron chi connectivity index (χ0n) is 15.3. The Balaban J connectivity index is 1.97. The van der Waals surface area contributed by atoms with Gasteiger partial charge in [-0.05, 0) is 43.7 Å². The van der Waals surface area contributed by atoms with Gasteiger partial charge in [0.05, 0.1) is 4.90 Å². The van der Waals surface area contributed by atoms with Crippen molar-refractivity contribution in [3.05, 3.63) is 89.6 Å². The Labute approximate surface area is 159 Å². The molecule has 3 aromatic rings. The number of aryl methyl sites for hydroxylation is 2. The molecule has 3 rings (SSSR count). The molecule has 0 saturated carbocycles. The summed E-state index contributed by atoms with van der Waals surface area (Å²) in [6.07, 6.45) is 1.99. The lowest BCUT2D eigenvalue weighted by Gasteiger charge is -2.10. The van der Waals surface area contributed by atoms with Crippen LogP contribution in [0.15, 0.2) is 82.2 Å². The summed E-state index contributed by atoms with van der Waals surface area (Å²) in [7, 11) is -3.83. The molecule has 6 heteroatoms. The van der Waals surface area contributed by atoms with Crippen LogP contribution in [-0.2, 0) is 16.4 Å². The molecule has 0 fully saturated rings. The lowest BCUT2D eigenvalue weighted by atomic mass is 10.1. The minimum atomic E-state index is -3.83. The van der Waals surface area contributed by atoms with Gasteiger partial charge in [-0.1, -0.05) is 53.6 Å². The van der Waals surface area contributed by atoms with Crippen molar-refractivity contribution in [3.63, 3.8) is 0 Å². The number of sulfonamides is 1. The van der Waals surface area contributed by atoms with Crippen molar-refractivity contribution in [3.8, 4) is 0 Å². The van der Waals surface area contributed by atoms with Crippen molar-refractivity contribution in [2.45, 2.75) is 25.2 Å². The van der Waals surface area contributed by atoms with Crippen molar-refractivity contribution in [1.29, 1.82) is 0 Å². The standard InChI is InChI=1S/C21H21N3O2S/c1-16-9-11-19(12-10-16)27(25,26)24-21(23-20-8-3-4-13-22-20)15-18-7-5-6-17(2)14-18/h3-14H,15H2,1-2H3,(H,22,23,24). The van der Waals surface area contributed by atoms with Crippen LogP contribution in [0.4, 0.5) is 5.82 Å². The van der Waals surface area contributed by atoms with Crippen LogP contribution in [0.2, 0.25) is 0 Å². The van der Waals surface area contributed by atoms with Crippen LogP contribution >= 0.6 is 0 Å². The van der Waals surface area contributed by atoms with E-state index in [9.17, 15) is 8.42 Å². The van der Waals surface area contributed by atoms with Crippen molar-refractivity contribution in [2.24, 2.45) is 4.40 Å². The van der Waals surface area contributed by atoms with Crippen LogP contribution in [0, 0.1) is 13.8 Å². The number of anilines is 1. The van der Waals surface area contributed by atoms with E-state index in [1.54, 1.807) is 42.6 Å². The number of benzene rings is 2. The molecule has 1 heterocycles. The van der Waals surface area contributed by atoms with Gasteiger partial charge in [0.15, 0.2) is 0 Å². The molecule has 1 N–H and O–H groups in total. The fourth-order valence-corrected chi connectivity index (χ4v) is 3.59.